The largest absolute Gasteiger partial charge is 0.481 e. The Morgan fingerprint density at radius 2 is 2.12 bits per heavy atom. The number of hydrogen-bond donors (Lipinski definition) is 1. The number of ketones is 1. The van der Waals surface area contributed by atoms with E-state index in [9.17, 15) is 9.59 Å². The molecule has 1 fully saturated rings. The van der Waals surface area contributed by atoms with Gasteiger partial charge in [-0.15, -0.1) is 0 Å². The molecule has 0 spiro atoms. The molecule has 16 heavy (non-hydrogen) atoms. The Morgan fingerprint density at radius 1 is 1.44 bits per heavy atom. The summed E-state index contributed by atoms with van der Waals surface area (Å²) in [4.78, 5) is 22.7. The predicted molar refractivity (Wildman–Crippen MR) is 60.0 cm³/mol. The number of carboxylic acid groups (broad SMARTS) is 1. The first-order valence-corrected chi connectivity index (χ1v) is 5.90. The zero-order valence-electron chi connectivity index (χ0n) is 9.88. The number of allylic oxidation sites excluding steroid dienone is 2. The van der Waals surface area contributed by atoms with E-state index in [2.05, 4.69) is 6.92 Å². The van der Waals surface area contributed by atoms with Crippen LogP contribution in [0.15, 0.2) is 11.1 Å². The fraction of sp³-hybridized carbons (Fsp3) is 0.692. The normalized spacial score (nSPS) is 34.9. The maximum atomic E-state index is 11.7. The molecule has 0 aromatic rings. The summed E-state index contributed by atoms with van der Waals surface area (Å²) >= 11 is 0. The average Bonchev–Trinajstić information content (AvgIpc) is 2.24. The van der Waals surface area contributed by atoms with Crippen LogP contribution in [-0.2, 0) is 9.59 Å². The lowest BCUT2D eigenvalue weighted by Crippen LogP contribution is -2.35. The summed E-state index contributed by atoms with van der Waals surface area (Å²) in [6, 6.07) is 0. The molecular formula is C13H18O3. The summed E-state index contributed by atoms with van der Waals surface area (Å²) in [6.45, 7) is 4.04. The van der Waals surface area contributed by atoms with E-state index in [4.69, 9.17) is 5.11 Å². The molecule has 3 heteroatoms. The van der Waals surface area contributed by atoms with Gasteiger partial charge < -0.3 is 5.11 Å². The molecule has 0 saturated heterocycles. The Kier molecular flexibility index (Phi) is 2.64. The van der Waals surface area contributed by atoms with Crippen molar-refractivity contribution in [2.75, 3.05) is 0 Å². The van der Waals surface area contributed by atoms with Gasteiger partial charge in [0.1, 0.15) is 0 Å². The van der Waals surface area contributed by atoms with Gasteiger partial charge in [0.15, 0.2) is 5.78 Å². The highest BCUT2D eigenvalue weighted by Crippen LogP contribution is 2.50. The molecule has 3 nitrogen and oxygen atoms in total. The molecule has 0 aliphatic heterocycles. The van der Waals surface area contributed by atoms with E-state index in [0.29, 0.717) is 12.8 Å². The van der Waals surface area contributed by atoms with Crippen LogP contribution in [0.2, 0.25) is 0 Å². The first kappa shape index (κ1) is 11.4. The minimum atomic E-state index is -0.722. The van der Waals surface area contributed by atoms with Crippen molar-refractivity contribution in [3.63, 3.8) is 0 Å². The molecule has 0 bridgehead atoms. The molecule has 0 heterocycles. The van der Waals surface area contributed by atoms with Crippen molar-refractivity contribution in [3.05, 3.63) is 11.1 Å². The first-order chi connectivity index (χ1) is 7.44. The zero-order chi connectivity index (χ0) is 11.9. The van der Waals surface area contributed by atoms with Gasteiger partial charge in [0.2, 0.25) is 0 Å². The number of hydrogen-bond acceptors (Lipinski definition) is 2. The van der Waals surface area contributed by atoms with Crippen LogP contribution < -0.4 is 0 Å². The number of carbonyl (C=O) groups is 2. The average molecular weight is 222 g/mol. The third-order valence-corrected chi connectivity index (χ3v) is 4.35. The predicted octanol–water partition coefficient (Wildman–Crippen LogP) is 2.56. The number of fused-ring (bicyclic) bond motifs is 1. The van der Waals surface area contributed by atoms with E-state index in [0.717, 1.165) is 30.4 Å². The quantitative estimate of drug-likeness (QED) is 0.741. The second-order valence-electron chi connectivity index (χ2n) is 5.37. The Labute approximate surface area is 95.5 Å². The third kappa shape index (κ3) is 1.68. The van der Waals surface area contributed by atoms with Crippen LogP contribution in [0.25, 0.3) is 0 Å². The first-order valence-electron chi connectivity index (χ1n) is 5.90. The van der Waals surface area contributed by atoms with Crippen LogP contribution in [0.4, 0.5) is 0 Å². The Bertz CT molecular complexity index is 381. The number of aliphatic carboxylic acids is 1. The molecule has 0 aromatic heterocycles. The molecule has 2 unspecified atom stereocenters. The fourth-order valence-electron chi connectivity index (χ4n) is 3.08. The van der Waals surface area contributed by atoms with Crippen LogP contribution in [0.5, 0.6) is 0 Å². The molecule has 2 atom stereocenters. The lowest BCUT2D eigenvalue weighted by atomic mass is 9.61. The molecular weight excluding hydrogens is 204 g/mol. The van der Waals surface area contributed by atoms with Crippen molar-refractivity contribution in [2.24, 2.45) is 11.3 Å². The topological polar surface area (TPSA) is 54.4 Å². The molecule has 88 valence electrons. The number of carboxylic acids is 1. The van der Waals surface area contributed by atoms with E-state index < -0.39 is 5.97 Å². The monoisotopic (exact) mass is 222 g/mol. The minimum absolute atomic E-state index is 0.0872. The third-order valence-electron chi connectivity index (χ3n) is 4.35. The van der Waals surface area contributed by atoms with E-state index >= 15 is 0 Å². The van der Waals surface area contributed by atoms with E-state index in [-0.39, 0.29) is 17.1 Å². The van der Waals surface area contributed by atoms with E-state index in [1.54, 1.807) is 0 Å². The summed E-state index contributed by atoms with van der Waals surface area (Å²) in [6.07, 6.45) is 3.75. The summed E-state index contributed by atoms with van der Waals surface area (Å²) < 4.78 is 0. The number of carbonyl (C=O) groups excluding carboxylic acids is 1. The van der Waals surface area contributed by atoms with Crippen molar-refractivity contribution in [3.8, 4) is 0 Å². The SMILES string of the molecule is CC1=C2CC(C(=O)O)CCC2(C)CCC1=O. The van der Waals surface area contributed by atoms with Gasteiger partial charge in [0.05, 0.1) is 5.92 Å². The molecule has 0 amide bonds. The molecule has 0 radical (unpaired) electrons. The zero-order valence-corrected chi connectivity index (χ0v) is 9.88. The van der Waals surface area contributed by atoms with Crippen LogP contribution in [-0.4, -0.2) is 16.9 Å². The maximum absolute atomic E-state index is 11.7. The Hall–Kier alpha value is -1.12. The summed E-state index contributed by atoms with van der Waals surface area (Å²) in [5.41, 5.74) is 2.03. The highest BCUT2D eigenvalue weighted by molar-refractivity contribution is 5.97. The smallest absolute Gasteiger partial charge is 0.306 e. The van der Waals surface area contributed by atoms with Crippen molar-refractivity contribution < 1.29 is 14.7 Å². The van der Waals surface area contributed by atoms with Gasteiger partial charge in [0, 0.05) is 6.42 Å². The fourth-order valence-corrected chi connectivity index (χ4v) is 3.08. The highest BCUT2D eigenvalue weighted by Gasteiger charge is 2.41. The van der Waals surface area contributed by atoms with Gasteiger partial charge in [-0.25, -0.2) is 0 Å². The van der Waals surface area contributed by atoms with Gasteiger partial charge in [0.25, 0.3) is 0 Å². The molecule has 2 rings (SSSR count). The van der Waals surface area contributed by atoms with Gasteiger partial charge in [-0.1, -0.05) is 12.5 Å². The minimum Gasteiger partial charge on any atom is -0.481 e. The second kappa shape index (κ2) is 3.72. The number of Topliss-reactive ketones (excluding diaryl/α,β-unsaturated/α-hetero) is 1. The van der Waals surface area contributed by atoms with Crippen LogP contribution in [0.3, 0.4) is 0 Å². The van der Waals surface area contributed by atoms with Gasteiger partial charge in [-0.2, -0.15) is 0 Å². The standard InChI is InChI=1S/C13H18O3/c1-8-10-7-9(12(15)16)3-5-13(10,2)6-4-11(8)14/h9H,3-7H2,1-2H3,(H,15,16). The van der Waals surface area contributed by atoms with E-state index in [1.807, 2.05) is 6.92 Å². The van der Waals surface area contributed by atoms with Gasteiger partial charge >= 0.3 is 5.97 Å². The lowest BCUT2D eigenvalue weighted by molar-refractivity contribution is -0.143. The molecule has 1 saturated carbocycles. The Balaban J connectivity index is 2.34. The molecule has 0 aromatic carbocycles. The maximum Gasteiger partial charge on any atom is 0.306 e. The lowest BCUT2D eigenvalue weighted by Gasteiger charge is -2.42. The number of rotatable bonds is 1. The van der Waals surface area contributed by atoms with Crippen molar-refractivity contribution in [1.82, 2.24) is 0 Å². The summed E-state index contributed by atoms with van der Waals surface area (Å²) in [5.74, 6) is -0.803. The van der Waals surface area contributed by atoms with Crippen LogP contribution in [0, 0.1) is 11.3 Å². The van der Waals surface area contributed by atoms with Crippen molar-refractivity contribution in [2.45, 2.75) is 46.0 Å². The van der Waals surface area contributed by atoms with Crippen LogP contribution in [0.1, 0.15) is 46.0 Å². The van der Waals surface area contributed by atoms with Crippen molar-refractivity contribution in [1.29, 1.82) is 0 Å². The highest BCUT2D eigenvalue weighted by atomic mass is 16.4. The summed E-state index contributed by atoms with van der Waals surface area (Å²) in [7, 11) is 0. The summed E-state index contributed by atoms with van der Waals surface area (Å²) in [5, 5.41) is 9.06. The molecule has 1 N–H and O–H groups in total. The van der Waals surface area contributed by atoms with Gasteiger partial charge in [-0.05, 0) is 43.6 Å². The van der Waals surface area contributed by atoms with E-state index in [1.165, 1.54) is 0 Å². The van der Waals surface area contributed by atoms with Gasteiger partial charge in [-0.3, -0.25) is 9.59 Å². The molecule has 2 aliphatic rings. The second-order valence-corrected chi connectivity index (χ2v) is 5.37. The van der Waals surface area contributed by atoms with Crippen LogP contribution >= 0.6 is 0 Å². The Morgan fingerprint density at radius 3 is 2.75 bits per heavy atom. The van der Waals surface area contributed by atoms with Crippen molar-refractivity contribution >= 4 is 11.8 Å². The molecule has 2 aliphatic carbocycles.